The minimum atomic E-state index is -0.751. The molecule has 0 aromatic carbocycles. The van der Waals surface area contributed by atoms with Crippen LogP contribution in [0.5, 0.6) is 0 Å². The van der Waals surface area contributed by atoms with E-state index < -0.39 is 12.1 Å². The van der Waals surface area contributed by atoms with Gasteiger partial charge in [-0.3, -0.25) is 4.79 Å². The predicted octanol–water partition coefficient (Wildman–Crippen LogP) is -1.62. The number of nitrogens with zero attached hydrogens (tertiary/aromatic N) is 1. The smallest absolute Gasteiger partial charge is 0.255 e. The van der Waals surface area contributed by atoms with Crippen molar-refractivity contribution in [3.8, 4) is 0 Å². The highest BCUT2D eigenvalue weighted by molar-refractivity contribution is 5.95. The molecule has 0 aromatic rings. The van der Waals surface area contributed by atoms with Gasteiger partial charge in [0, 0.05) is 13.7 Å². The van der Waals surface area contributed by atoms with Crippen molar-refractivity contribution < 1.29 is 24.2 Å². The fourth-order valence-electron chi connectivity index (χ4n) is 1.36. The van der Waals surface area contributed by atoms with Gasteiger partial charge >= 0.3 is 0 Å². The predicted molar refractivity (Wildman–Crippen MR) is 45.4 cm³/mol. The average Bonchev–Trinajstić information content (AvgIpc) is 2.20. The van der Waals surface area contributed by atoms with Gasteiger partial charge < -0.3 is 24.3 Å². The van der Waals surface area contributed by atoms with E-state index in [-0.39, 0.29) is 25.9 Å². The van der Waals surface area contributed by atoms with Crippen molar-refractivity contribution in [2.24, 2.45) is 0 Å². The van der Waals surface area contributed by atoms with Crippen LogP contribution in [0.25, 0.3) is 0 Å². The van der Waals surface area contributed by atoms with E-state index in [1.165, 1.54) is 12.0 Å². The van der Waals surface area contributed by atoms with Gasteiger partial charge in [0.15, 0.2) is 6.10 Å². The highest BCUT2D eigenvalue weighted by Gasteiger charge is 2.47. The van der Waals surface area contributed by atoms with Gasteiger partial charge in [-0.25, -0.2) is 0 Å². The molecule has 0 aliphatic carbocycles. The number of rotatable bonds is 6. The molecule has 1 rings (SSSR count). The maximum atomic E-state index is 11.3. The highest BCUT2D eigenvalue weighted by Crippen LogP contribution is 2.20. The van der Waals surface area contributed by atoms with Crippen LogP contribution in [0.3, 0.4) is 0 Å². The standard InChI is InChI=1S/C8H13NO5/c1-13-5-14-7-6(4-11)9(2-3-10)8(7)12/h4,6-7,10H,2-3,5H2,1H3/t6-,7+/m0/s1. The Morgan fingerprint density at radius 1 is 1.64 bits per heavy atom. The maximum Gasteiger partial charge on any atom is 0.255 e. The van der Waals surface area contributed by atoms with E-state index >= 15 is 0 Å². The molecule has 80 valence electrons. The average molecular weight is 203 g/mol. The lowest BCUT2D eigenvalue weighted by Gasteiger charge is -2.43. The maximum absolute atomic E-state index is 11.3. The number of aldehydes is 1. The number of aliphatic hydroxyl groups is 1. The number of β-amino-alcohol motifs (C(OH)–C–C–N with tert-alkyl or cyclic N) is 1. The molecule has 0 spiro atoms. The molecule has 0 bridgehead atoms. The minimum absolute atomic E-state index is 0.0201. The summed E-state index contributed by atoms with van der Waals surface area (Å²) < 4.78 is 9.62. The van der Waals surface area contributed by atoms with Crippen LogP contribution >= 0.6 is 0 Å². The number of methoxy groups -OCH3 is 1. The Labute approximate surface area is 81.4 Å². The van der Waals surface area contributed by atoms with Gasteiger partial charge in [0.05, 0.1) is 6.61 Å². The summed E-state index contributed by atoms with van der Waals surface area (Å²) in [6.07, 6.45) is -0.115. The third-order valence-electron chi connectivity index (χ3n) is 2.04. The quantitative estimate of drug-likeness (QED) is 0.319. The summed E-state index contributed by atoms with van der Waals surface area (Å²) in [5.74, 6) is -0.284. The Morgan fingerprint density at radius 3 is 2.86 bits per heavy atom. The zero-order chi connectivity index (χ0) is 10.6. The van der Waals surface area contributed by atoms with Crippen LogP contribution in [-0.4, -0.2) is 61.4 Å². The minimum Gasteiger partial charge on any atom is -0.395 e. The molecule has 0 saturated carbocycles. The van der Waals surface area contributed by atoms with E-state index in [4.69, 9.17) is 9.84 Å². The van der Waals surface area contributed by atoms with Crippen molar-refractivity contribution in [3.63, 3.8) is 0 Å². The summed E-state index contributed by atoms with van der Waals surface area (Å²) >= 11 is 0. The van der Waals surface area contributed by atoms with Crippen LogP contribution in [-0.2, 0) is 19.1 Å². The van der Waals surface area contributed by atoms with Crippen LogP contribution in [0.15, 0.2) is 0 Å². The molecule has 0 radical (unpaired) electrons. The highest BCUT2D eigenvalue weighted by atomic mass is 16.7. The number of hydrogen-bond donors (Lipinski definition) is 1. The molecular weight excluding hydrogens is 190 g/mol. The van der Waals surface area contributed by atoms with E-state index in [1.807, 2.05) is 0 Å². The monoisotopic (exact) mass is 203 g/mol. The zero-order valence-corrected chi connectivity index (χ0v) is 7.88. The van der Waals surface area contributed by atoms with Crippen molar-refractivity contribution in [2.45, 2.75) is 12.1 Å². The van der Waals surface area contributed by atoms with E-state index in [2.05, 4.69) is 4.74 Å². The first-order chi connectivity index (χ1) is 6.76. The Kier molecular flexibility index (Phi) is 3.99. The van der Waals surface area contributed by atoms with Crippen molar-refractivity contribution in [1.82, 2.24) is 4.90 Å². The second kappa shape index (κ2) is 5.04. The normalized spacial score (nSPS) is 26.1. The number of likely N-dealkylation sites (tertiary alicyclic amines) is 1. The molecule has 1 saturated heterocycles. The largest absolute Gasteiger partial charge is 0.395 e. The van der Waals surface area contributed by atoms with Crippen LogP contribution < -0.4 is 0 Å². The van der Waals surface area contributed by atoms with Crippen LogP contribution in [0.1, 0.15) is 0 Å². The summed E-state index contributed by atoms with van der Waals surface area (Å²) in [6.45, 7) is -0.0180. The van der Waals surface area contributed by atoms with Crippen molar-refractivity contribution >= 4 is 12.2 Å². The van der Waals surface area contributed by atoms with Gasteiger partial charge in [-0.1, -0.05) is 0 Å². The topological polar surface area (TPSA) is 76.1 Å². The molecule has 1 heterocycles. The molecule has 2 atom stereocenters. The lowest BCUT2D eigenvalue weighted by molar-refractivity contribution is -0.187. The van der Waals surface area contributed by atoms with Gasteiger partial charge in [-0.2, -0.15) is 0 Å². The molecule has 1 aliphatic heterocycles. The van der Waals surface area contributed by atoms with Gasteiger partial charge in [0.2, 0.25) is 0 Å². The van der Waals surface area contributed by atoms with Gasteiger partial charge in [0.1, 0.15) is 19.1 Å². The molecule has 14 heavy (non-hydrogen) atoms. The lowest BCUT2D eigenvalue weighted by Crippen LogP contribution is -2.67. The first-order valence-electron chi connectivity index (χ1n) is 4.23. The first kappa shape index (κ1) is 11.1. The molecule has 1 N–H and O–H groups in total. The Hall–Kier alpha value is -0.980. The van der Waals surface area contributed by atoms with E-state index in [1.54, 1.807) is 0 Å². The number of β-lactam (4-membered cyclic amide) rings is 1. The van der Waals surface area contributed by atoms with Crippen molar-refractivity contribution in [1.29, 1.82) is 0 Å². The second-order valence-corrected chi connectivity index (χ2v) is 2.88. The van der Waals surface area contributed by atoms with Crippen LogP contribution in [0, 0.1) is 0 Å². The summed E-state index contributed by atoms with van der Waals surface area (Å²) in [5, 5.41) is 8.62. The SMILES string of the molecule is COCO[C@H]1C(=O)N(CCO)[C@H]1C=O. The lowest BCUT2D eigenvalue weighted by atomic mass is 9.99. The number of ether oxygens (including phenoxy) is 2. The Morgan fingerprint density at radius 2 is 2.36 bits per heavy atom. The van der Waals surface area contributed by atoms with Crippen LogP contribution in [0.2, 0.25) is 0 Å². The molecule has 1 fully saturated rings. The summed E-state index contributed by atoms with van der Waals surface area (Å²) in [7, 11) is 1.44. The number of aliphatic hydroxyl groups excluding tert-OH is 1. The molecule has 1 aliphatic rings. The van der Waals surface area contributed by atoms with Crippen molar-refractivity contribution in [2.75, 3.05) is 27.1 Å². The number of carbonyl (C=O) groups excluding carboxylic acids is 2. The third kappa shape index (κ3) is 1.92. The Balaban J connectivity index is 2.46. The van der Waals surface area contributed by atoms with Gasteiger partial charge in [0.25, 0.3) is 5.91 Å². The van der Waals surface area contributed by atoms with Gasteiger partial charge in [-0.05, 0) is 0 Å². The Bertz CT molecular complexity index is 220. The zero-order valence-electron chi connectivity index (χ0n) is 7.88. The molecular formula is C8H13NO5. The van der Waals surface area contributed by atoms with E-state index in [0.29, 0.717) is 6.29 Å². The second-order valence-electron chi connectivity index (χ2n) is 2.88. The fourth-order valence-corrected chi connectivity index (χ4v) is 1.36. The van der Waals surface area contributed by atoms with E-state index in [9.17, 15) is 9.59 Å². The summed E-state index contributed by atoms with van der Waals surface area (Å²) in [4.78, 5) is 23.2. The first-order valence-corrected chi connectivity index (χ1v) is 4.23. The van der Waals surface area contributed by atoms with Crippen LogP contribution in [0.4, 0.5) is 0 Å². The molecule has 0 aromatic heterocycles. The molecule has 1 amide bonds. The molecule has 6 heteroatoms. The fraction of sp³-hybridized carbons (Fsp3) is 0.750. The van der Waals surface area contributed by atoms with E-state index in [0.717, 1.165) is 0 Å². The summed E-state index contributed by atoms with van der Waals surface area (Å²) in [5.41, 5.74) is 0. The number of amides is 1. The third-order valence-corrected chi connectivity index (χ3v) is 2.04. The molecule has 0 unspecified atom stereocenters. The number of hydrogen-bond acceptors (Lipinski definition) is 5. The molecule has 6 nitrogen and oxygen atoms in total. The van der Waals surface area contributed by atoms with Gasteiger partial charge in [-0.15, -0.1) is 0 Å². The summed E-state index contributed by atoms with van der Waals surface area (Å²) in [6, 6.07) is -0.593. The van der Waals surface area contributed by atoms with Crippen molar-refractivity contribution in [3.05, 3.63) is 0 Å². The number of carbonyl (C=O) groups is 2.